The van der Waals surface area contributed by atoms with Crippen LogP contribution in [0.4, 0.5) is 0 Å². The number of hydrogen-bond acceptors (Lipinski definition) is 4. The first-order valence-corrected chi connectivity index (χ1v) is 6.00. The van der Waals surface area contributed by atoms with E-state index in [1.54, 1.807) is 18.0 Å². The van der Waals surface area contributed by atoms with Crippen molar-refractivity contribution in [1.82, 2.24) is 9.88 Å². The molecule has 1 aliphatic heterocycles. The molecule has 13 heavy (non-hydrogen) atoms. The molecule has 0 unspecified atom stereocenters. The van der Waals surface area contributed by atoms with Gasteiger partial charge in [-0.25, -0.2) is 4.98 Å². The van der Waals surface area contributed by atoms with Gasteiger partial charge in [0, 0.05) is 23.4 Å². The normalized spacial score (nSPS) is 17.0. The summed E-state index contributed by atoms with van der Waals surface area (Å²) >= 11 is 8.79. The predicted octanol–water partition coefficient (Wildman–Crippen LogP) is 2.28. The second kappa shape index (κ2) is 3.86. The van der Waals surface area contributed by atoms with Crippen molar-refractivity contribution >= 4 is 39.9 Å². The Kier molecular flexibility index (Phi) is 2.76. The van der Waals surface area contributed by atoms with Crippen LogP contribution < -0.4 is 0 Å². The lowest BCUT2D eigenvalue weighted by Gasteiger charge is -2.14. The SMILES string of the molecule is N=C1SCCN1Cc1cnc(Cl)s1. The van der Waals surface area contributed by atoms with Crippen molar-refractivity contribution in [3.8, 4) is 0 Å². The minimum Gasteiger partial charge on any atom is -0.346 e. The molecule has 0 spiro atoms. The highest BCUT2D eigenvalue weighted by atomic mass is 35.5. The Morgan fingerprint density at radius 1 is 1.69 bits per heavy atom. The third-order valence-corrected chi connectivity index (χ3v) is 3.78. The molecule has 2 rings (SSSR count). The fourth-order valence-corrected chi connectivity index (χ4v) is 2.98. The van der Waals surface area contributed by atoms with Gasteiger partial charge in [-0.3, -0.25) is 5.41 Å². The smallest absolute Gasteiger partial charge is 0.183 e. The second-order valence-corrected chi connectivity index (χ2v) is 5.44. The minimum absolute atomic E-state index is 0.577. The van der Waals surface area contributed by atoms with Crippen LogP contribution >= 0.6 is 34.7 Å². The fraction of sp³-hybridized carbons (Fsp3) is 0.429. The molecule has 0 aliphatic carbocycles. The van der Waals surface area contributed by atoms with Crippen LogP contribution in [0, 0.1) is 5.41 Å². The van der Waals surface area contributed by atoms with E-state index in [0.29, 0.717) is 9.63 Å². The zero-order chi connectivity index (χ0) is 9.26. The molecule has 6 heteroatoms. The van der Waals surface area contributed by atoms with Crippen LogP contribution in [0.15, 0.2) is 6.20 Å². The largest absolute Gasteiger partial charge is 0.346 e. The van der Waals surface area contributed by atoms with Crippen LogP contribution in [-0.2, 0) is 6.54 Å². The number of hydrogen-bond donors (Lipinski definition) is 1. The number of nitrogens with zero attached hydrogens (tertiary/aromatic N) is 2. The minimum atomic E-state index is 0.577. The number of rotatable bonds is 2. The summed E-state index contributed by atoms with van der Waals surface area (Å²) in [7, 11) is 0. The average molecular weight is 234 g/mol. The van der Waals surface area contributed by atoms with E-state index in [1.165, 1.54) is 11.3 Å². The maximum Gasteiger partial charge on any atom is 0.183 e. The van der Waals surface area contributed by atoms with Gasteiger partial charge in [0.15, 0.2) is 9.63 Å². The standard InChI is InChI=1S/C7H8ClN3S2/c8-6-10-3-5(13-6)4-11-1-2-12-7(11)9/h3,9H,1-2,4H2. The summed E-state index contributed by atoms with van der Waals surface area (Å²) in [5.41, 5.74) is 0. The number of nitrogens with one attached hydrogen (secondary N) is 1. The molecule has 3 nitrogen and oxygen atoms in total. The molecular weight excluding hydrogens is 226 g/mol. The predicted molar refractivity (Wildman–Crippen MR) is 57.7 cm³/mol. The van der Waals surface area contributed by atoms with Gasteiger partial charge in [0.1, 0.15) is 0 Å². The van der Waals surface area contributed by atoms with Crippen molar-refractivity contribution in [3.63, 3.8) is 0 Å². The monoisotopic (exact) mass is 233 g/mol. The molecular formula is C7H8ClN3S2. The third-order valence-electron chi connectivity index (χ3n) is 1.76. The van der Waals surface area contributed by atoms with Gasteiger partial charge >= 0.3 is 0 Å². The molecule has 1 saturated heterocycles. The van der Waals surface area contributed by atoms with Gasteiger partial charge in [0.2, 0.25) is 0 Å². The Labute approximate surface area is 89.6 Å². The Balaban J connectivity index is 2.01. The van der Waals surface area contributed by atoms with Gasteiger partial charge in [-0.15, -0.1) is 11.3 Å². The van der Waals surface area contributed by atoms with Crippen LogP contribution in [0.1, 0.15) is 4.88 Å². The van der Waals surface area contributed by atoms with Crippen LogP contribution in [0.5, 0.6) is 0 Å². The molecule has 0 amide bonds. The van der Waals surface area contributed by atoms with Crippen molar-refractivity contribution < 1.29 is 0 Å². The van der Waals surface area contributed by atoms with Gasteiger partial charge in [0.05, 0.1) is 6.54 Å². The zero-order valence-corrected chi connectivity index (χ0v) is 9.18. The zero-order valence-electron chi connectivity index (χ0n) is 6.79. The number of thioether (sulfide) groups is 1. The summed E-state index contributed by atoms with van der Waals surface area (Å²) in [6.45, 7) is 1.73. The second-order valence-electron chi connectivity index (χ2n) is 2.65. The molecule has 0 aromatic carbocycles. The molecule has 0 atom stereocenters. The molecule has 1 aromatic heterocycles. The highest BCUT2D eigenvalue weighted by Gasteiger charge is 2.18. The van der Waals surface area contributed by atoms with Crippen LogP contribution in [-0.4, -0.2) is 27.3 Å². The van der Waals surface area contributed by atoms with Crippen LogP contribution in [0.25, 0.3) is 0 Å². The number of amidine groups is 1. The molecule has 0 saturated carbocycles. The lowest BCUT2D eigenvalue weighted by atomic mass is 10.5. The molecule has 1 aliphatic rings. The average Bonchev–Trinajstić information content (AvgIpc) is 2.64. The number of halogens is 1. The van der Waals surface area contributed by atoms with Gasteiger partial charge in [-0.05, 0) is 0 Å². The summed E-state index contributed by atoms with van der Waals surface area (Å²) < 4.78 is 0.577. The van der Waals surface area contributed by atoms with Gasteiger partial charge in [-0.2, -0.15) is 0 Å². The Morgan fingerprint density at radius 3 is 3.08 bits per heavy atom. The van der Waals surface area contributed by atoms with Gasteiger partial charge in [-0.1, -0.05) is 23.4 Å². The van der Waals surface area contributed by atoms with E-state index in [-0.39, 0.29) is 0 Å². The molecule has 2 heterocycles. The van der Waals surface area contributed by atoms with Crippen molar-refractivity contribution in [1.29, 1.82) is 5.41 Å². The maximum absolute atomic E-state index is 7.60. The van der Waals surface area contributed by atoms with Gasteiger partial charge in [0.25, 0.3) is 0 Å². The molecule has 0 radical (unpaired) electrons. The highest BCUT2D eigenvalue weighted by Crippen LogP contribution is 2.23. The Hall–Kier alpha value is -0.260. The summed E-state index contributed by atoms with van der Waals surface area (Å²) in [4.78, 5) is 7.12. The quantitative estimate of drug-likeness (QED) is 0.852. The van der Waals surface area contributed by atoms with E-state index in [1.807, 2.05) is 4.90 Å². The lowest BCUT2D eigenvalue weighted by Crippen LogP contribution is -2.22. The lowest BCUT2D eigenvalue weighted by molar-refractivity contribution is 0.459. The first kappa shape index (κ1) is 9.30. The van der Waals surface area contributed by atoms with Gasteiger partial charge < -0.3 is 4.90 Å². The van der Waals surface area contributed by atoms with E-state index < -0.39 is 0 Å². The highest BCUT2D eigenvalue weighted by molar-refractivity contribution is 8.14. The topological polar surface area (TPSA) is 40.0 Å². The van der Waals surface area contributed by atoms with E-state index in [4.69, 9.17) is 17.0 Å². The molecule has 1 aromatic rings. The Morgan fingerprint density at radius 2 is 2.54 bits per heavy atom. The van der Waals surface area contributed by atoms with Crippen molar-refractivity contribution in [2.45, 2.75) is 6.54 Å². The van der Waals surface area contributed by atoms with Crippen LogP contribution in [0.2, 0.25) is 4.47 Å². The van der Waals surface area contributed by atoms with E-state index in [2.05, 4.69) is 4.98 Å². The number of thiazole rings is 1. The van der Waals surface area contributed by atoms with E-state index in [9.17, 15) is 0 Å². The van der Waals surface area contributed by atoms with Crippen molar-refractivity contribution in [3.05, 3.63) is 15.5 Å². The van der Waals surface area contributed by atoms with E-state index >= 15 is 0 Å². The summed E-state index contributed by atoms with van der Waals surface area (Å²) in [5, 5.41) is 8.26. The third kappa shape index (κ3) is 2.15. The molecule has 0 bridgehead atoms. The van der Waals surface area contributed by atoms with E-state index in [0.717, 1.165) is 23.7 Å². The summed E-state index contributed by atoms with van der Waals surface area (Å²) in [6, 6.07) is 0. The number of aromatic nitrogens is 1. The summed E-state index contributed by atoms with van der Waals surface area (Å²) in [5.74, 6) is 1.02. The first-order chi connectivity index (χ1) is 6.25. The molecule has 1 fully saturated rings. The maximum atomic E-state index is 7.60. The molecule has 1 N–H and O–H groups in total. The summed E-state index contributed by atoms with van der Waals surface area (Å²) in [6.07, 6.45) is 1.78. The Bertz CT molecular complexity index is 325. The van der Waals surface area contributed by atoms with Crippen LogP contribution in [0.3, 0.4) is 0 Å². The molecule has 70 valence electrons. The fourth-order valence-electron chi connectivity index (χ4n) is 1.14. The first-order valence-electron chi connectivity index (χ1n) is 3.82. The van der Waals surface area contributed by atoms with Crippen molar-refractivity contribution in [2.24, 2.45) is 0 Å². The van der Waals surface area contributed by atoms with Crippen molar-refractivity contribution in [2.75, 3.05) is 12.3 Å².